The highest BCUT2D eigenvalue weighted by atomic mass is 19.3. The predicted octanol–water partition coefficient (Wildman–Crippen LogP) is 3.61. The van der Waals surface area contributed by atoms with Gasteiger partial charge in [0.2, 0.25) is 0 Å². The summed E-state index contributed by atoms with van der Waals surface area (Å²) in [5, 5.41) is 10.3. The fraction of sp³-hybridized carbons (Fsp3) is 0.500. The molecule has 168 valence electrons. The van der Waals surface area contributed by atoms with Gasteiger partial charge < -0.3 is 14.7 Å². The molecule has 1 aromatic carbocycles. The van der Waals surface area contributed by atoms with Crippen LogP contribution in [0.2, 0.25) is 0 Å². The Morgan fingerprint density at radius 3 is 2.65 bits per heavy atom. The van der Waals surface area contributed by atoms with Gasteiger partial charge >= 0.3 is 11.9 Å². The molecule has 7 heteroatoms. The average molecular weight is 433 g/mol. The van der Waals surface area contributed by atoms with E-state index in [1.807, 2.05) is 13.8 Å². The third-order valence-electron chi connectivity index (χ3n) is 5.30. The standard InChI is InChI=1S/C24H29F2NO4/c1-4-5-6-7-17(2)21(28)13-12-20-16-24(25,26)23(30)27(20)15-14-18-8-10-19(11-9-18)22(29)31-3/h8-13,17,20-21,28H,4,7,14-16H2,1-3H3. The number of hydrogen-bond donors (Lipinski definition) is 1. The Kier molecular flexibility index (Phi) is 8.76. The monoisotopic (exact) mass is 433 g/mol. The molecule has 5 nitrogen and oxygen atoms in total. The lowest BCUT2D eigenvalue weighted by molar-refractivity contribution is -0.148. The van der Waals surface area contributed by atoms with Gasteiger partial charge in [0.1, 0.15) is 0 Å². The van der Waals surface area contributed by atoms with Gasteiger partial charge in [-0.05, 0) is 30.0 Å². The highest BCUT2D eigenvalue weighted by Crippen LogP contribution is 2.34. The van der Waals surface area contributed by atoms with E-state index >= 15 is 0 Å². The van der Waals surface area contributed by atoms with Crippen molar-refractivity contribution in [1.29, 1.82) is 0 Å². The molecule has 3 unspecified atom stereocenters. The number of esters is 1. The molecule has 1 N–H and O–H groups in total. The molecule has 0 saturated carbocycles. The topological polar surface area (TPSA) is 66.8 Å². The van der Waals surface area contributed by atoms with Gasteiger partial charge in [0.05, 0.1) is 24.8 Å². The van der Waals surface area contributed by atoms with Crippen LogP contribution >= 0.6 is 0 Å². The summed E-state index contributed by atoms with van der Waals surface area (Å²) in [5.41, 5.74) is 1.20. The summed E-state index contributed by atoms with van der Waals surface area (Å²) in [7, 11) is 1.29. The highest BCUT2D eigenvalue weighted by Gasteiger charge is 2.52. The number of hydrogen-bond acceptors (Lipinski definition) is 4. The molecular formula is C24H29F2NO4. The number of alkyl halides is 2. The minimum atomic E-state index is -3.42. The van der Waals surface area contributed by atoms with E-state index in [1.165, 1.54) is 19.3 Å². The maximum Gasteiger partial charge on any atom is 0.337 e. The third kappa shape index (κ3) is 6.63. The van der Waals surface area contributed by atoms with Gasteiger partial charge in [0.25, 0.3) is 5.91 Å². The van der Waals surface area contributed by atoms with Crippen molar-refractivity contribution in [1.82, 2.24) is 4.90 Å². The van der Waals surface area contributed by atoms with E-state index in [0.717, 1.165) is 16.9 Å². The second kappa shape index (κ2) is 11.1. The number of methoxy groups -OCH3 is 1. The molecule has 2 rings (SSSR count). The van der Waals surface area contributed by atoms with Crippen molar-refractivity contribution in [2.24, 2.45) is 5.92 Å². The normalized spacial score (nSPS) is 19.7. The van der Waals surface area contributed by atoms with Gasteiger partial charge in [0, 0.05) is 25.8 Å². The fourth-order valence-corrected chi connectivity index (χ4v) is 3.35. The van der Waals surface area contributed by atoms with Gasteiger partial charge in [-0.25, -0.2) is 4.79 Å². The number of likely N-dealkylation sites (tertiary alicyclic amines) is 1. The second-order valence-electron chi connectivity index (χ2n) is 7.68. The van der Waals surface area contributed by atoms with Crippen LogP contribution in [-0.4, -0.2) is 53.6 Å². The van der Waals surface area contributed by atoms with Gasteiger partial charge in [-0.2, -0.15) is 8.78 Å². The molecule has 0 spiro atoms. The van der Waals surface area contributed by atoms with E-state index in [2.05, 4.69) is 16.6 Å². The Balaban J connectivity index is 2.04. The number of rotatable bonds is 8. The first kappa shape index (κ1) is 24.5. The van der Waals surface area contributed by atoms with Crippen LogP contribution in [0.1, 0.15) is 49.0 Å². The zero-order valence-corrected chi connectivity index (χ0v) is 18.1. The summed E-state index contributed by atoms with van der Waals surface area (Å²) in [5.74, 6) is 0.675. The highest BCUT2D eigenvalue weighted by molar-refractivity contribution is 5.89. The molecule has 3 atom stereocenters. The summed E-state index contributed by atoms with van der Waals surface area (Å²) in [6, 6.07) is 5.81. The van der Waals surface area contributed by atoms with Gasteiger partial charge in [-0.15, -0.1) is 11.8 Å². The van der Waals surface area contributed by atoms with Crippen molar-refractivity contribution in [3.8, 4) is 11.8 Å². The maximum atomic E-state index is 14.1. The van der Waals surface area contributed by atoms with Crippen LogP contribution < -0.4 is 0 Å². The fourth-order valence-electron chi connectivity index (χ4n) is 3.35. The number of carbonyl (C=O) groups is 2. The number of aliphatic hydroxyl groups is 1. The van der Waals surface area contributed by atoms with E-state index in [1.54, 1.807) is 24.3 Å². The predicted molar refractivity (Wildman–Crippen MR) is 114 cm³/mol. The molecule has 1 aliphatic heterocycles. The molecule has 1 saturated heterocycles. The quantitative estimate of drug-likeness (QED) is 0.386. The molecule has 31 heavy (non-hydrogen) atoms. The lowest BCUT2D eigenvalue weighted by Crippen LogP contribution is -2.37. The Bertz CT molecular complexity index is 855. The Hall–Kier alpha value is -2.72. The Labute approximate surface area is 182 Å². The number of amides is 1. The smallest absolute Gasteiger partial charge is 0.337 e. The number of carbonyl (C=O) groups excluding carboxylic acids is 2. The lowest BCUT2D eigenvalue weighted by Gasteiger charge is -2.22. The van der Waals surface area contributed by atoms with Gasteiger partial charge in [-0.3, -0.25) is 4.79 Å². The zero-order valence-electron chi connectivity index (χ0n) is 18.1. The zero-order chi connectivity index (χ0) is 23.0. The third-order valence-corrected chi connectivity index (χ3v) is 5.30. The average Bonchev–Trinajstić information content (AvgIpc) is 2.98. The van der Waals surface area contributed by atoms with Gasteiger partial charge in [-0.1, -0.05) is 38.1 Å². The molecule has 0 bridgehead atoms. The van der Waals surface area contributed by atoms with Gasteiger partial charge in [0.15, 0.2) is 0 Å². The Morgan fingerprint density at radius 2 is 2.03 bits per heavy atom. The van der Waals surface area contributed by atoms with Crippen molar-refractivity contribution < 1.29 is 28.2 Å². The SMILES string of the molecule is CCC#CCC(C)C(O)C=CC1CC(F)(F)C(=O)N1CCc1ccc(C(=O)OC)cc1. The molecule has 1 heterocycles. The van der Waals surface area contributed by atoms with Crippen LogP contribution in [0.5, 0.6) is 0 Å². The lowest BCUT2D eigenvalue weighted by atomic mass is 9.99. The molecule has 0 radical (unpaired) electrons. The van der Waals surface area contributed by atoms with E-state index in [0.29, 0.717) is 18.4 Å². The summed E-state index contributed by atoms with van der Waals surface area (Å²) < 4.78 is 32.8. The maximum absolute atomic E-state index is 14.1. The summed E-state index contributed by atoms with van der Waals surface area (Å²) >= 11 is 0. The number of halogens is 2. The first-order valence-corrected chi connectivity index (χ1v) is 10.4. The Morgan fingerprint density at radius 1 is 1.35 bits per heavy atom. The largest absolute Gasteiger partial charge is 0.465 e. The molecule has 1 amide bonds. The molecule has 1 fully saturated rings. The van der Waals surface area contributed by atoms with E-state index < -0.39 is 36.4 Å². The van der Waals surface area contributed by atoms with Crippen molar-refractivity contribution in [2.75, 3.05) is 13.7 Å². The first-order valence-electron chi connectivity index (χ1n) is 10.4. The number of aliphatic hydroxyl groups excluding tert-OH is 1. The van der Waals surface area contributed by atoms with E-state index in [-0.39, 0.29) is 12.5 Å². The first-order chi connectivity index (χ1) is 14.7. The summed E-state index contributed by atoms with van der Waals surface area (Å²) in [6.07, 6.45) is 3.13. The van der Waals surface area contributed by atoms with Crippen LogP contribution in [0, 0.1) is 17.8 Å². The molecule has 0 aliphatic carbocycles. The van der Waals surface area contributed by atoms with Crippen LogP contribution in [-0.2, 0) is 16.0 Å². The second-order valence-corrected chi connectivity index (χ2v) is 7.68. The van der Waals surface area contributed by atoms with Crippen LogP contribution in [0.3, 0.4) is 0 Å². The van der Waals surface area contributed by atoms with Crippen LogP contribution in [0.15, 0.2) is 36.4 Å². The molecule has 1 aliphatic rings. The van der Waals surface area contributed by atoms with Crippen molar-refractivity contribution >= 4 is 11.9 Å². The molecular weight excluding hydrogens is 404 g/mol. The number of benzene rings is 1. The van der Waals surface area contributed by atoms with E-state index in [9.17, 15) is 23.5 Å². The van der Waals surface area contributed by atoms with Crippen molar-refractivity contribution in [3.63, 3.8) is 0 Å². The van der Waals surface area contributed by atoms with Crippen LogP contribution in [0.25, 0.3) is 0 Å². The van der Waals surface area contributed by atoms with E-state index in [4.69, 9.17) is 0 Å². The van der Waals surface area contributed by atoms with Crippen LogP contribution in [0.4, 0.5) is 8.78 Å². The number of ether oxygens (including phenoxy) is 1. The molecule has 0 aromatic heterocycles. The van der Waals surface area contributed by atoms with Crippen molar-refractivity contribution in [2.45, 2.75) is 57.6 Å². The minimum Gasteiger partial charge on any atom is -0.465 e. The molecule has 1 aromatic rings. The summed E-state index contributed by atoms with van der Waals surface area (Å²) in [6.45, 7) is 3.88. The van der Waals surface area contributed by atoms with Crippen molar-refractivity contribution in [3.05, 3.63) is 47.5 Å². The summed E-state index contributed by atoms with van der Waals surface area (Å²) in [4.78, 5) is 24.8. The minimum absolute atomic E-state index is 0.106. The number of nitrogens with zero attached hydrogens (tertiary/aromatic N) is 1.